The monoisotopic (exact) mass is 285 g/mol. The van der Waals surface area contributed by atoms with Crippen molar-refractivity contribution in [2.45, 2.75) is 19.9 Å². The van der Waals surface area contributed by atoms with Gasteiger partial charge in [-0.05, 0) is 38.6 Å². The van der Waals surface area contributed by atoms with Gasteiger partial charge in [-0.1, -0.05) is 28.1 Å². The Hall–Kier alpha value is -0.870. The van der Waals surface area contributed by atoms with Crippen LogP contribution in [-0.4, -0.2) is 18.1 Å². The molecule has 0 bridgehead atoms. The highest BCUT2D eigenvalue weighted by Crippen LogP contribution is 2.34. The van der Waals surface area contributed by atoms with Crippen LogP contribution in [0.3, 0.4) is 0 Å². The van der Waals surface area contributed by atoms with Gasteiger partial charge in [0.25, 0.3) is 0 Å². The lowest BCUT2D eigenvalue weighted by atomic mass is 9.80. The maximum absolute atomic E-state index is 11.2. The molecule has 4 heteroatoms. The first kappa shape index (κ1) is 13.2. The van der Waals surface area contributed by atoms with E-state index in [1.807, 2.05) is 24.3 Å². The molecule has 3 nitrogen and oxygen atoms in total. The van der Waals surface area contributed by atoms with Gasteiger partial charge in [-0.2, -0.15) is 0 Å². The quantitative estimate of drug-likeness (QED) is 0.894. The van der Waals surface area contributed by atoms with Crippen LogP contribution in [0.25, 0.3) is 0 Å². The zero-order valence-electron chi connectivity index (χ0n) is 9.62. The van der Waals surface area contributed by atoms with Crippen LogP contribution < -0.4 is 5.32 Å². The predicted molar refractivity (Wildman–Crippen MR) is 67.4 cm³/mol. The van der Waals surface area contributed by atoms with Crippen LogP contribution in [0.4, 0.5) is 0 Å². The molecule has 1 aromatic rings. The summed E-state index contributed by atoms with van der Waals surface area (Å²) in [6.45, 7) is 3.44. The standard InChI is InChI=1S/C12H16BrNO2/c1-12(2,11(15)16)10(14-3)8-5-4-6-9(13)7-8/h4-7,10,14H,1-3H3,(H,15,16). The van der Waals surface area contributed by atoms with E-state index >= 15 is 0 Å². The zero-order chi connectivity index (χ0) is 12.3. The first-order valence-electron chi connectivity index (χ1n) is 5.05. The third kappa shape index (κ3) is 2.62. The van der Waals surface area contributed by atoms with Crippen LogP contribution in [0.15, 0.2) is 28.7 Å². The molecule has 0 spiro atoms. The number of carboxylic acid groups (broad SMARTS) is 1. The Labute approximate surface area is 104 Å². The summed E-state index contributed by atoms with van der Waals surface area (Å²) in [7, 11) is 1.77. The lowest BCUT2D eigenvalue weighted by molar-refractivity contribution is -0.148. The third-order valence-electron chi connectivity index (χ3n) is 2.74. The van der Waals surface area contributed by atoms with E-state index in [2.05, 4.69) is 21.2 Å². The Bertz CT molecular complexity index is 390. The van der Waals surface area contributed by atoms with E-state index in [0.29, 0.717) is 0 Å². The van der Waals surface area contributed by atoms with E-state index in [-0.39, 0.29) is 6.04 Å². The normalized spacial score (nSPS) is 13.5. The first-order valence-corrected chi connectivity index (χ1v) is 5.85. The van der Waals surface area contributed by atoms with Gasteiger partial charge in [0.1, 0.15) is 0 Å². The lowest BCUT2D eigenvalue weighted by Crippen LogP contribution is -2.38. The lowest BCUT2D eigenvalue weighted by Gasteiger charge is -2.30. The highest BCUT2D eigenvalue weighted by molar-refractivity contribution is 9.10. The van der Waals surface area contributed by atoms with E-state index in [9.17, 15) is 9.90 Å². The van der Waals surface area contributed by atoms with E-state index in [4.69, 9.17) is 0 Å². The summed E-state index contributed by atoms with van der Waals surface area (Å²) < 4.78 is 0.950. The number of benzene rings is 1. The van der Waals surface area contributed by atoms with Crippen LogP contribution >= 0.6 is 15.9 Å². The number of carboxylic acids is 1. The molecule has 1 rings (SSSR count). The number of hydrogen-bond donors (Lipinski definition) is 2. The van der Waals surface area contributed by atoms with Gasteiger partial charge in [0.15, 0.2) is 0 Å². The number of rotatable bonds is 4. The topological polar surface area (TPSA) is 49.3 Å². The van der Waals surface area contributed by atoms with Gasteiger partial charge in [0, 0.05) is 10.5 Å². The van der Waals surface area contributed by atoms with Crippen LogP contribution in [0.1, 0.15) is 25.5 Å². The maximum Gasteiger partial charge on any atom is 0.311 e. The summed E-state index contributed by atoms with van der Waals surface area (Å²) >= 11 is 3.39. The van der Waals surface area contributed by atoms with Gasteiger partial charge in [0.2, 0.25) is 0 Å². The van der Waals surface area contributed by atoms with Crippen molar-refractivity contribution in [3.05, 3.63) is 34.3 Å². The predicted octanol–water partition coefficient (Wildman–Crippen LogP) is 2.82. The van der Waals surface area contributed by atoms with Crippen molar-refractivity contribution >= 4 is 21.9 Å². The number of hydrogen-bond acceptors (Lipinski definition) is 2. The molecule has 1 aromatic carbocycles. The molecule has 0 amide bonds. The van der Waals surface area contributed by atoms with Gasteiger partial charge in [0.05, 0.1) is 5.41 Å². The summed E-state index contributed by atoms with van der Waals surface area (Å²) in [5.74, 6) is -0.813. The van der Waals surface area contributed by atoms with Gasteiger partial charge in [-0.25, -0.2) is 0 Å². The van der Waals surface area contributed by atoms with Gasteiger partial charge < -0.3 is 10.4 Å². The van der Waals surface area contributed by atoms with E-state index in [1.165, 1.54) is 0 Å². The number of halogens is 1. The molecule has 1 unspecified atom stereocenters. The fourth-order valence-corrected chi connectivity index (χ4v) is 2.17. The molecule has 0 aliphatic rings. The summed E-state index contributed by atoms with van der Waals surface area (Å²) in [5.41, 5.74) is 0.111. The second-order valence-electron chi connectivity index (χ2n) is 4.30. The van der Waals surface area contributed by atoms with Gasteiger partial charge >= 0.3 is 5.97 Å². The molecule has 0 radical (unpaired) electrons. The Balaban J connectivity index is 3.12. The molecular weight excluding hydrogens is 270 g/mol. The van der Waals surface area contributed by atoms with Crippen molar-refractivity contribution < 1.29 is 9.90 Å². The number of nitrogens with one attached hydrogen (secondary N) is 1. The molecule has 88 valence electrons. The van der Waals surface area contributed by atoms with Crippen LogP contribution in [-0.2, 0) is 4.79 Å². The minimum Gasteiger partial charge on any atom is -0.481 e. The zero-order valence-corrected chi connectivity index (χ0v) is 11.2. The van der Waals surface area contributed by atoms with Crippen LogP contribution in [0.5, 0.6) is 0 Å². The minimum atomic E-state index is -0.852. The third-order valence-corrected chi connectivity index (χ3v) is 3.24. The summed E-state index contributed by atoms with van der Waals surface area (Å²) in [5, 5.41) is 12.3. The SMILES string of the molecule is CNC(c1cccc(Br)c1)C(C)(C)C(=O)O. The largest absolute Gasteiger partial charge is 0.481 e. The van der Waals surface area contributed by atoms with E-state index in [0.717, 1.165) is 10.0 Å². The molecule has 1 atom stereocenters. The molecule has 0 aliphatic heterocycles. The molecular formula is C12H16BrNO2. The second-order valence-corrected chi connectivity index (χ2v) is 5.22. The molecule has 0 saturated heterocycles. The molecule has 0 fully saturated rings. The van der Waals surface area contributed by atoms with Crippen LogP contribution in [0, 0.1) is 5.41 Å². The molecule has 0 heterocycles. The Morgan fingerprint density at radius 1 is 1.50 bits per heavy atom. The Morgan fingerprint density at radius 3 is 2.56 bits per heavy atom. The summed E-state index contributed by atoms with van der Waals surface area (Å²) in [6, 6.07) is 7.47. The van der Waals surface area contributed by atoms with Crippen molar-refractivity contribution in [2.75, 3.05) is 7.05 Å². The highest BCUT2D eigenvalue weighted by Gasteiger charge is 2.36. The molecule has 16 heavy (non-hydrogen) atoms. The highest BCUT2D eigenvalue weighted by atomic mass is 79.9. The van der Waals surface area contributed by atoms with Crippen molar-refractivity contribution in [3.63, 3.8) is 0 Å². The first-order chi connectivity index (χ1) is 7.39. The van der Waals surface area contributed by atoms with Crippen molar-refractivity contribution in [1.82, 2.24) is 5.32 Å². The molecule has 0 saturated carbocycles. The van der Waals surface area contributed by atoms with Crippen LogP contribution in [0.2, 0.25) is 0 Å². The Morgan fingerprint density at radius 2 is 2.12 bits per heavy atom. The fraction of sp³-hybridized carbons (Fsp3) is 0.417. The molecule has 2 N–H and O–H groups in total. The fourth-order valence-electron chi connectivity index (χ4n) is 1.75. The number of carbonyl (C=O) groups is 1. The van der Waals surface area contributed by atoms with Crippen molar-refractivity contribution in [3.8, 4) is 0 Å². The average molecular weight is 286 g/mol. The second kappa shape index (κ2) is 4.97. The van der Waals surface area contributed by atoms with Gasteiger partial charge in [-0.15, -0.1) is 0 Å². The van der Waals surface area contributed by atoms with E-state index in [1.54, 1.807) is 20.9 Å². The summed E-state index contributed by atoms with van der Waals surface area (Å²) in [4.78, 5) is 11.2. The molecule has 0 aliphatic carbocycles. The minimum absolute atomic E-state index is 0.220. The van der Waals surface area contributed by atoms with Gasteiger partial charge in [-0.3, -0.25) is 4.79 Å². The number of aliphatic carboxylic acids is 1. The van der Waals surface area contributed by atoms with E-state index < -0.39 is 11.4 Å². The average Bonchev–Trinajstić information content (AvgIpc) is 2.18. The molecule has 0 aromatic heterocycles. The maximum atomic E-state index is 11.2. The van der Waals surface area contributed by atoms with Crippen molar-refractivity contribution in [2.24, 2.45) is 5.41 Å². The van der Waals surface area contributed by atoms with Crippen molar-refractivity contribution in [1.29, 1.82) is 0 Å². The Kier molecular flexibility index (Phi) is 4.10. The smallest absolute Gasteiger partial charge is 0.311 e. The summed E-state index contributed by atoms with van der Waals surface area (Å²) in [6.07, 6.45) is 0.